The molecule has 0 spiro atoms. The van der Waals surface area contributed by atoms with Crippen molar-refractivity contribution in [3.63, 3.8) is 0 Å². The molecule has 1 N–H and O–H groups in total. The van der Waals surface area contributed by atoms with Gasteiger partial charge in [0.1, 0.15) is 0 Å². The molecular weight excluding hydrogens is 236 g/mol. The van der Waals surface area contributed by atoms with Gasteiger partial charge in [-0.05, 0) is 37.6 Å². The lowest BCUT2D eigenvalue weighted by molar-refractivity contribution is 0.936. The lowest BCUT2D eigenvalue weighted by Crippen LogP contribution is -2.09. The molecule has 0 radical (unpaired) electrons. The van der Waals surface area contributed by atoms with Crippen molar-refractivity contribution in [1.29, 1.82) is 0 Å². The van der Waals surface area contributed by atoms with Crippen molar-refractivity contribution in [2.24, 2.45) is 0 Å². The van der Waals surface area contributed by atoms with Gasteiger partial charge in [0, 0.05) is 38.2 Å². The minimum atomic E-state index is 0.914. The van der Waals surface area contributed by atoms with Crippen LogP contribution in [0.4, 0.5) is 11.6 Å². The van der Waals surface area contributed by atoms with E-state index in [4.69, 9.17) is 0 Å². The number of aromatic nitrogens is 2. The Labute approximate surface area is 115 Å². The van der Waals surface area contributed by atoms with E-state index in [1.807, 2.05) is 21.0 Å². The van der Waals surface area contributed by atoms with Crippen molar-refractivity contribution in [2.45, 2.75) is 20.3 Å². The highest BCUT2D eigenvalue weighted by molar-refractivity contribution is 5.52. The summed E-state index contributed by atoms with van der Waals surface area (Å²) in [5.41, 5.74) is 3.35. The summed E-state index contributed by atoms with van der Waals surface area (Å²) in [4.78, 5) is 6.62. The van der Waals surface area contributed by atoms with Crippen LogP contribution in [0.1, 0.15) is 19.0 Å². The van der Waals surface area contributed by atoms with E-state index in [0.29, 0.717) is 0 Å². The second-order valence-corrected chi connectivity index (χ2v) is 4.91. The number of rotatable bonds is 5. The number of anilines is 2. The summed E-state index contributed by atoms with van der Waals surface area (Å²) in [6.45, 7) is 5.10. The van der Waals surface area contributed by atoms with Crippen LogP contribution in [0.3, 0.4) is 0 Å². The van der Waals surface area contributed by atoms with Gasteiger partial charge in [-0.2, -0.15) is 0 Å². The second-order valence-electron chi connectivity index (χ2n) is 4.91. The smallest absolute Gasteiger partial charge is 0.207 e. The standard InChI is InChI=1S/C15H22N4/c1-5-10-16-15-17-12(2)11-19(15)14-8-6-13(7-9-14)18(3)4/h6-9,11H,5,10H2,1-4H3,(H,16,17). The van der Waals surface area contributed by atoms with Crippen LogP contribution < -0.4 is 10.2 Å². The van der Waals surface area contributed by atoms with Crippen LogP contribution in [0, 0.1) is 6.92 Å². The normalized spacial score (nSPS) is 10.5. The van der Waals surface area contributed by atoms with Gasteiger partial charge in [0.05, 0.1) is 5.69 Å². The average Bonchev–Trinajstić information content (AvgIpc) is 2.77. The highest BCUT2D eigenvalue weighted by Gasteiger charge is 2.07. The zero-order chi connectivity index (χ0) is 13.8. The van der Waals surface area contributed by atoms with Gasteiger partial charge in [-0.3, -0.25) is 4.57 Å². The van der Waals surface area contributed by atoms with E-state index in [1.54, 1.807) is 0 Å². The predicted octanol–water partition coefficient (Wildman–Crippen LogP) is 3.07. The SMILES string of the molecule is CCCNc1nc(C)cn1-c1ccc(N(C)C)cc1. The molecule has 2 rings (SSSR count). The molecule has 0 aliphatic carbocycles. The Balaban J connectivity index is 2.30. The predicted molar refractivity (Wildman–Crippen MR) is 81.4 cm³/mol. The maximum absolute atomic E-state index is 4.52. The first kappa shape index (κ1) is 13.5. The minimum Gasteiger partial charge on any atom is -0.378 e. The van der Waals surface area contributed by atoms with Crippen molar-refractivity contribution < 1.29 is 0 Å². The van der Waals surface area contributed by atoms with E-state index in [1.165, 1.54) is 5.69 Å². The molecule has 0 unspecified atom stereocenters. The molecule has 1 aromatic heterocycles. The number of imidazole rings is 1. The number of benzene rings is 1. The molecule has 4 heteroatoms. The molecule has 4 nitrogen and oxygen atoms in total. The van der Waals surface area contributed by atoms with Gasteiger partial charge >= 0.3 is 0 Å². The third-order valence-electron chi connectivity index (χ3n) is 3.00. The van der Waals surface area contributed by atoms with Crippen LogP contribution >= 0.6 is 0 Å². The fourth-order valence-electron chi connectivity index (χ4n) is 1.97. The molecule has 1 aromatic carbocycles. The maximum Gasteiger partial charge on any atom is 0.207 e. The van der Waals surface area contributed by atoms with Crippen molar-refractivity contribution in [3.8, 4) is 5.69 Å². The van der Waals surface area contributed by atoms with E-state index in [2.05, 4.69) is 57.2 Å². The maximum atomic E-state index is 4.52. The van der Waals surface area contributed by atoms with Crippen molar-refractivity contribution in [3.05, 3.63) is 36.2 Å². The lowest BCUT2D eigenvalue weighted by Gasteiger charge is -2.14. The van der Waals surface area contributed by atoms with E-state index in [9.17, 15) is 0 Å². The lowest BCUT2D eigenvalue weighted by atomic mass is 10.2. The summed E-state index contributed by atoms with van der Waals surface area (Å²) < 4.78 is 2.10. The monoisotopic (exact) mass is 258 g/mol. The summed E-state index contributed by atoms with van der Waals surface area (Å²) >= 11 is 0. The molecule has 19 heavy (non-hydrogen) atoms. The highest BCUT2D eigenvalue weighted by Crippen LogP contribution is 2.19. The molecule has 0 saturated heterocycles. The Kier molecular flexibility index (Phi) is 4.10. The van der Waals surface area contributed by atoms with Gasteiger partial charge in [-0.25, -0.2) is 4.98 Å². The largest absolute Gasteiger partial charge is 0.378 e. The fourth-order valence-corrected chi connectivity index (χ4v) is 1.97. The summed E-state index contributed by atoms with van der Waals surface area (Å²) in [6, 6.07) is 8.48. The van der Waals surface area contributed by atoms with Crippen LogP contribution in [0.5, 0.6) is 0 Å². The van der Waals surface area contributed by atoms with Crippen molar-refractivity contribution in [2.75, 3.05) is 30.9 Å². The Morgan fingerprint density at radius 2 is 1.89 bits per heavy atom. The number of nitrogens with one attached hydrogen (secondary N) is 1. The first-order chi connectivity index (χ1) is 9.11. The summed E-state index contributed by atoms with van der Waals surface area (Å²) in [7, 11) is 4.09. The van der Waals surface area contributed by atoms with Gasteiger partial charge in [-0.1, -0.05) is 6.92 Å². The molecule has 2 aromatic rings. The molecule has 0 aliphatic rings. The van der Waals surface area contributed by atoms with Crippen molar-refractivity contribution in [1.82, 2.24) is 9.55 Å². The third kappa shape index (κ3) is 3.08. The Morgan fingerprint density at radius 3 is 2.47 bits per heavy atom. The van der Waals surface area contributed by atoms with Gasteiger partial charge in [0.2, 0.25) is 5.95 Å². The number of nitrogens with zero attached hydrogens (tertiary/aromatic N) is 3. The van der Waals surface area contributed by atoms with E-state index in [-0.39, 0.29) is 0 Å². The topological polar surface area (TPSA) is 33.1 Å². The third-order valence-corrected chi connectivity index (χ3v) is 3.00. The average molecular weight is 258 g/mol. The summed E-state index contributed by atoms with van der Waals surface area (Å²) in [5.74, 6) is 0.914. The van der Waals surface area contributed by atoms with Gasteiger partial charge in [0.15, 0.2) is 0 Å². The minimum absolute atomic E-state index is 0.914. The molecule has 1 heterocycles. The Hall–Kier alpha value is -1.97. The molecule has 0 fully saturated rings. The zero-order valence-corrected chi connectivity index (χ0v) is 12.1. The molecule has 0 amide bonds. The summed E-state index contributed by atoms with van der Waals surface area (Å²) in [6.07, 6.45) is 3.15. The molecule has 0 bridgehead atoms. The van der Waals surface area contributed by atoms with Crippen LogP contribution in [-0.2, 0) is 0 Å². The van der Waals surface area contributed by atoms with Crippen LogP contribution in [0.15, 0.2) is 30.5 Å². The number of hydrogen-bond donors (Lipinski definition) is 1. The quantitative estimate of drug-likeness (QED) is 0.894. The number of aryl methyl sites for hydroxylation is 1. The fraction of sp³-hybridized carbons (Fsp3) is 0.400. The van der Waals surface area contributed by atoms with Crippen LogP contribution in [0.2, 0.25) is 0 Å². The Bertz CT molecular complexity index is 526. The molecule has 0 atom stereocenters. The van der Waals surface area contributed by atoms with E-state index in [0.717, 1.165) is 30.3 Å². The molecule has 102 valence electrons. The van der Waals surface area contributed by atoms with Gasteiger partial charge in [0.25, 0.3) is 0 Å². The van der Waals surface area contributed by atoms with E-state index >= 15 is 0 Å². The van der Waals surface area contributed by atoms with Gasteiger partial charge < -0.3 is 10.2 Å². The first-order valence-corrected chi connectivity index (χ1v) is 6.69. The van der Waals surface area contributed by atoms with Gasteiger partial charge in [-0.15, -0.1) is 0 Å². The number of hydrogen-bond acceptors (Lipinski definition) is 3. The van der Waals surface area contributed by atoms with Crippen LogP contribution in [0.25, 0.3) is 5.69 Å². The molecule has 0 aliphatic heterocycles. The summed E-state index contributed by atoms with van der Waals surface area (Å²) in [5, 5.41) is 3.36. The van der Waals surface area contributed by atoms with E-state index < -0.39 is 0 Å². The van der Waals surface area contributed by atoms with Crippen LogP contribution in [-0.4, -0.2) is 30.2 Å². The zero-order valence-electron chi connectivity index (χ0n) is 12.1. The van der Waals surface area contributed by atoms with Crippen molar-refractivity contribution >= 4 is 11.6 Å². The molecular formula is C15H22N4. The highest BCUT2D eigenvalue weighted by atomic mass is 15.2. The molecule has 0 saturated carbocycles. The Morgan fingerprint density at radius 1 is 1.21 bits per heavy atom. The first-order valence-electron chi connectivity index (χ1n) is 6.69. The second kappa shape index (κ2) is 5.78.